The summed E-state index contributed by atoms with van der Waals surface area (Å²) in [5.74, 6) is -0.344. The molecule has 0 N–H and O–H groups in total. The van der Waals surface area contributed by atoms with Crippen molar-refractivity contribution in [2.75, 3.05) is 24.6 Å². The summed E-state index contributed by atoms with van der Waals surface area (Å²) in [6, 6.07) is 0.321. The second-order valence-corrected chi connectivity index (χ2v) is 6.74. The predicted octanol–water partition coefficient (Wildman–Crippen LogP) is 1.89. The minimum Gasteiger partial charge on any atom is -0.462 e. The molecule has 0 saturated carbocycles. The molecular weight excluding hydrogens is 346 g/mol. The molecule has 0 amide bonds. The van der Waals surface area contributed by atoms with Crippen molar-refractivity contribution in [1.29, 1.82) is 0 Å². The molecule has 9 nitrogen and oxygen atoms in total. The minimum absolute atomic E-state index is 0.321. The molecule has 4 heterocycles. The highest BCUT2D eigenvalue weighted by atomic mass is 16.5. The molecule has 1 aliphatic rings. The van der Waals surface area contributed by atoms with Gasteiger partial charge in [0.25, 0.3) is 0 Å². The van der Waals surface area contributed by atoms with Crippen molar-refractivity contribution in [3.8, 4) is 0 Å². The van der Waals surface area contributed by atoms with Gasteiger partial charge >= 0.3 is 5.97 Å². The first-order chi connectivity index (χ1) is 13.1. The van der Waals surface area contributed by atoms with Gasteiger partial charge in [0.15, 0.2) is 5.65 Å². The summed E-state index contributed by atoms with van der Waals surface area (Å²) in [6.45, 7) is 5.71. The van der Waals surface area contributed by atoms with E-state index in [-0.39, 0.29) is 5.97 Å². The highest BCUT2D eigenvalue weighted by Gasteiger charge is 2.28. The molecular formula is C18H23N7O2. The molecule has 0 atom stereocenters. The number of pyridine rings is 1. The third-order valence-electron chi connectivity index (χ3n) is 5.09. The third-order valence-corrected chi connectivity index (χ3v) is 5.09. The molecule has 0 spiro atoms. The lowest BCUT2D eigenvalue weighted by atomic mass is 10.0. The average Bonchev–Trinajstić information content (AvgIpc) is 3.30. The lowest BCUT2D eigenvalue weighted by Crippen LogP contribution is -2.36. The van der Waals surface area contributed by atoms with Crippen LogP contribution in [0.3, 0.4) is 0 Å². The zero-order valence-electron chi connectivity index (χ0n) is 15.8. The Balaban J connectivity index is 1.73. The smallest absolute Gasteiger partial charge is 0.341 e. The van der Waals surface area contributed by atoms with Crippen LogP contribution >= 0.6 is 0 Å². The Labute approximate surface area is 157 Å². The first kappa shape index (κ1) is 17.4. The molecule has 9 heteroatoms. The zero-order chi connectivity index (χ0) is 19.0. The number of esters is 1. The van der Waals surface area contributed by atoms with E-state index in [1.54, 1.807) is 23.5 Å². The Morgan fingerprint density at radius 1 is 1.33 bits per heavy atom. The van der Waals surface area contributed by atoms with Crippen LogP contribution in [-0.2, 0) is 11.8 Å². The van der Waals surface area contributed by atoms with Gasteiger partial charge in [0.1, 0.15) is 18.2 Å². The van der Waals surface area contributed by atoms with Gasteiger partial charge in [0, 0.05) is 26.3 Å². The molecule has 0 unspecified atom stereocenters. The molecule has 0 radical (unpaired) electrons. The van der Waals surface area contributed by atoms with Crippen LogP contribution in [0.1, 0.15) is 41.9 Å². The maximum atomic E-state index is 12.6. The number of aromatic nitrogens is 6. The summed E-state index contributed by atoms with van der Waals surface area (Å²) in [6.07, 6.45) is 6.79. The quantitative estimate of drug-likeness (QED) is 0.649. The Morgan fingerprint density at radius 2 is 2.11 bits per heavy atom. The number of hydrogen-bond acceptors (Lipinski definition) is 7. The number of carbonyl (C=O) groups excluding carboxylic acids is 1. The van der Waals surface area contributed by atoms with Crippen LogP contribution in [0.15, 0.2) is 18.9 Å². The Morgan fingerprint density at radius 3 is 2.78 bits per heavy atom. The van der Waals surface area contributed by atoms with Crippen LogP contribution in [0.25, 0.3) is 11.0 Å². The molecule has 1 saturated heterocycles. The van der Waals surface area contributed by atoms with Gasteiger partial charge in [0.2, 0.25) is 0 Å². The van der Waals surface area contributed by atoms with Gasteiger partial charge in [-0.25, -0.2) is 19.4 Å². The molecule has 3 aromatic rings. The Kier molecular flexibility index (Phi) is 4.51. The first-order valence-corrected chi connectivity index (χ1v) is 9.18. The second kappa shape index (κ2) is 6.98. The lowest BCUT2D eigenvalue weighted by Gasteiger charge is -2.34. The lowest BCUT2D eigenvalue weighted by molar-refractivity contribution is 0.0526. The van der Waals surface area contributed by atoms with Crippen molar-refractivity contribution in [1.82, 2.24) is 29.5 Å². The molecule has 4 rings (SSSR count). The van der Waals surface area contributed by atoms with Crippen molar-refractivity contribution >= 4 is 22.7 Å². The van der Waals surface area contributed by atoms with E-state index >= 15 is 0 Å². The fourth-order valence-electron chi connectivity index (χ4n) is 3.84. The predicted molar refractivity (Wildman–Crippen MR) is 99.7 cm³/mol. The monoisotopic (exact) mass is 369 g/mol. The molecule has 1 fully saturated rings. The number of carbonyl (C=O) groups is 1. The van der Waals surface area contributed by atoms with Gasteiger partial charge in [-0.1, -0.05) is 0 Å². The number of aryl methyl sites for hydroxylation is 2. The fraction of sp³-hybridized carbons (Fsp3) is 0.500. The number of rotatable bonds is 4. The van der Waals surface area contributed by atoms with Gasteiger partial charge in [-0.15, -0.1) is 0 Å². The topological polar surface area (TPSA) is 91.0 Å². The van der Waals surface area contributed by atoms with Gasteiger partial charge < -0.3 is 9.64 Å². The summed E-state index contributed by atoms with van der Waals surface area (Å²) in [4.78, 5) is 23.3. The molecule has 0 aromatic carbocycles. The molecule has 142 valence electrons. The van der Waals surface area contributed by atoms with E-state index < -0.39 is 0 Å². The van der Waals surface area contributed by atoms with Crippen molar-refractivity contribution in [3.63, 3.8) is 0 Å². The summed E-state index contributed by atoms with van der Waals surface area (Å²) in [7, 11) is 1.87. The molecule has 27 heavy (non-hydrogen) atoms. The van der Waals surface area contributed by atoms with Crippen LogP contribution in [-0.4, -0.2) is 55.2 Å². The number of hydrogen-bond donors (Lipinski definition) is 0. The third kappa shape index (κ3) is 3.02. The van der Waals surface area contributed by atoms with Crippen LogP contribution in [0.5, 0.6) is 0 Å². The van der Waals surface area contributed by atoms with Crippen molar-refractivity contribution in [3.05, 3.63) is 30.1 Å². The number of anilines is 1. The second-order valence-electron chi connectivity index (χ2n) is 6.74. The number of nitrogens with zero attached hydrogens (tertiary/aromatic N) is 7. The average molecular weight is 369 g/mol. The zero-order valence-corrected chi connectivity index (χ0v) is 15.8. The van der Waals surface area contributed by atoms with E-state index in [1.807, 2.05) is 25.6 Å². The van der Waals surface area contributed by atoms with Gasteiger partial charge in [-0.05, 0) is 26.7 Å². The van der Waals surface area contributed by atoms with E-state index in [0.29, 0.717) is 18.2 Å². The first-order valence-electron chi connectivity index (χ1n) is 9.18. The molecule has 1 aliphatic heterocycles. The Hall–Kier alpha value is -2.97. The van der Waals surface area contributed by atoms with E-state index in [2.05, 4.69) is 25.1 Å². The summed E-state index contributed by atoms with van der Waals surface area (Å²) in [5, 5.41) is 9.68. The summed E-state index contributed by atoms with van der Waals surface area (Å²) < 4.78 is 8.95. The summed E-state index contributed by atoms with van der Waals surface area (Å²) in [5.41, 5.74) is 3.01. The number of piperidine rings is 1. The highest BCUT2D eigenvalue weighted by molar-refractivity contribution is 6.05. The van der Waals surface area contributed by atoms with Gasteiger partial charge in [-0.3, -0.25) is 4.68 Å². The van der Waals surface area contributed by atoms with E-state index in [1.165, 1.54) is 0 Å². The van der Waals surface area contributed by atoms with E-state index in [0.717, 1.165) is 48.3 Å². The summed E-state index contributed by atoms with van der Waals surface area (Å²) >= 11 is 0. The number of fused-ring (bicyclic) bond motifs is 1. The Bertz CT molecular complexity index is 956. The number of ether oxygens (including phenoxy) is 1. The minimum atomic E-state index is -0.344. The van der Waals surface area contributed by atoms with E-state index in [4.69, 9.17) is 4.74 Å². The van der Waals surface area contributed by atoms with Crippen molar-refractivity contribution in [2.24, 2.45) is 7.05 Å². The van der Waals surface area contributed by atoms with Crippen LogP contribution in [0, 0.1) is 6.92 Å². The van der Waals surface area contributed by atoms with Crippen LogP contribution in [0.4, 0.5) is 5.69 Å². The SMILES string of the molecule is CCOC(=O)c1cnc2c(c(C)nn2C)c1N1CCC(n2cncn2)CC1. The van der Waals surface area contributed by atoms with Crippen LogP contribution < -0.4 is 4.90 Å². The maximum Gasteiger partial charge on any atom is 0.341 e. The maximum absolute atomic E-state index is 12.6. The van der Waals surface area contributed by atoms with Gasteiger partial charge in [-0.2, -0.15) is 10.2 Å². The largest absolute Gasteiger partial charge is 0.462 e. The van der Waals surface area contributed by atoms with E-state index in [9.17, 15) is 4.79 Å². The molecule has 3 aromatic heterocycles. The normalized spacial score (nSPS) is 15.4. The van der Waals surface area contributed by atoms with Crippen molar-refractivity contribution in [2.45, 2.75) is 32.7 Å². The molecule has 0 aliphatic carbocycles. The van der Waals surface area contributed by atoms with Crippen molar-refractivity contribution < 1.29 is 9.53 Å². The highest BCUT2D eigenvalue weighted by Crippen LogP contribution is 2.35. The van der Waals surface area contributed by atoms with Gasteiger partial charge in [0.05, 0.1) is 29.4 Å². The molecule has 0 bridgehead atoms. The standard InChI is InChI=1S/C18H23N7O2/c1-4-27-18(26)14-9-20-17-15(12(2)22-23(17)3)16(14)24-7-5-13(6-8-24)25-11-19-10-21-25/h9-11,13H,4-8H2,1-3H3. The van der Waals surface area contributed by atoms with Crippen LogP contribution in [0.2, 0.25) is 0 Å². The fourth-order valence-corrected chi connectivity index (χ4v) is 3.84.